The molecule has 0 saturated carbocycles. The maximum absolute atomic E-state index is 12.4. The minimum atomic E-state index is -0.597. The van der Waals surface area contributed by atoms with Crippen LogP contribution in [0.1, 0.15) is 5.56 Å². The van der Waals surface area contributed by atoms with E-state index >= 15 is 0 Å². The van der Waals surface area contributed by atoms with Crippen molar-refractivity contribution in [1.29, 1.82) is 5.26 Å². The fourth-order valence-electron chi connectivity index (χ4n) is 2.67. The number of nitrogens with one attached hydrogen (secondary N) is 2. The van der Waals surface area contributed by atoms with Crippen molar-refractivity contribution >= 4 is 75.7 Å². The van der Waals surface area contributed by atoms with Gasteiger partial charge in [-0.05, 0) is 60.2 Å². The number of ether oxygens (including phenoxy) is 1. The summed E-state index contributed by atoms with van der Waals surface area (Å²) < 4.78 is 5.47. The van der Waals surface area contributed by atoms with Crippen molar-refractivity contribution in [3.63, 3.8) is 0 Å². The van der Waals surface area contributed by atoms with Gasteiger partial charge in [0, 0.05) is 11.4 Å². The zero-order chi connectivity index (χ0) is 24.7. The van der Waals surface area contributed by atoms with Crippen LogP contribution in [0.4, 0.5) is 11.4 Å². The number of rotatable bonds is 7. The summed E-state index contributed by atoms with van der Waals surface area (Å²) in [7, 11) is 0. The summed E-state index contributed by atoms with van der Waals surface area (Å²) in [4.78, 5) is 24.5. The van der Waals surface area contributed by atoms with E-state index < -0.39 is 5.91 Å². The topological polar surface area (TPSA) is 91.2 Å². The third kappa shape index (κ3) is 7.14. The fourth-order valence-corrected chi connectivity index (χ4v) is 3.26. The van der Waals surface area contributed by atoms with Crippen molar-refractivity contribution in [3.05, 3.63) is 91.9 Å². The standard InChI is InChI=1S/C24H15Cl4N3O3/c25-19-7-3-16(10-21(19)27)30-23(32)13-34-18-5-1-14(2-6-18)9-15(12-29)24(33)31-17-4-8-20(26)22(28)11-17/h1-11H,13H2,(H,30,32)(H,31,33)/b15-9-. The highest BCUT2D eigenvalue weighted by atomic mass is 35.5. The van der Waals surface area contributed by atoms with Gasteiger partial charge < -0.3 is 15.4 Å². The molecule has 0 aliphatic heterocycles. The molecule has 0 aliphatic carbocycles. The zero-order valence-electron chi connectivity index (χ0n) is 17.2. The van der Waals surface area contributed by atoms with Crippen molar-refractivity contribution in [1.82, 2.24) is 0 Å². The van der Waals surface area contributed by atoms with Gasteiger partial charge in [-0.2, -0.15) is 5.26 Å². The van der Waals surface area contributed by atoms with Crippen LogP contribution in [0.25, 0.3) is 6.08 Å². The molecule has 0 atom stereocenters. The van der Waals surface area contributed by atoms with E-state index in [2.05, 4.69) is 10.6 Å². The molecule has 6 nitrogen and oxygen atoms in total. The van der Waals surface area contributed by atoms with Gasteiger partial charge in [-0.25, -0.2) is 0 Å². The minimum Gasteiger partial charge on any atom is -0.484 e. The van der Waals surface area contributed by atoms with Crippen LogP contribution in [0.3, 0.4) is 0 Å². The molecule has 0 fully saturated rings. The summed E-state index contributed by atoms with van der Waals surface area (Å²) in [5, 5.41) is 16.0. The van der Waals surface area contributed by atoms with Crippen LogP contribution in [-0.4, -0.2) is 18.4 Å². The van der Waals surface area contributed by atoms with E-state index in [-0.39, 0.29) is 23.1 Å². The van der Waals surface area contributed by atoms with Crippen molar-refractivity contribution in [2.24, 2.45) is 0 Å². The monoisotopic (exact) mass is 533 g/mol. The first kappa shape index (κ1) is 25.4. The molecule has 10 heteroatoms. The van der Waals surface area contributed by atoms with Gasteiger partial charge in [0.15, 0.2) is 6.61 Å². The number of carbonyl (C=O) groups excluding carboxylic acids is 2. The highest BCUT2D eigenvalue weighted by Crippen LogP contribution is 2.26. The number of anilines is 2. The minimum absolute atomic E-state index is 0.110. The summed E-state index contributed by atoms with van der Waals surface area (Å²) >= 11 is 23.6. The Morgan fingerprint density at radius 3 is 1.91 bits per heavy atom. The summed E-state index contributed by atoms with van der Waals surface area (Å²) in [6, 6.07) is 17.7. The van der Waals surface area contributed by atoms with Crippen molar-refractivity contribution in [2.75, 3.05) is 17.2 Å². The Bertz CT molecular complexity index is 1300. The lowest BCUT2D eigenvalue weighted by molar-refractivity contribution is -0.118. The number of hydrogen-bond donors (Lipinski definition) is 2. The summed E-state index contributed by atoms with van der Waals surface area (Å²) in [5.74, 6) is -0.548. The molecule has 2 amide bonds. The lowest BCUT2D eigenvalue weighted by Crippen LogP contribution is -2.20. The lowest BCUT2D eigenvalue weighted by atomic mass is 10.1. The predicted molar refractivity (Wildman–Crippen MR) is 136 cm³/mol. The second-order valence-corrected chi connectivity index (χ2v) is 8.42. The Kier molecular flexibility index (Phi) is 8.80. The normalized spacial score (nSPS) is 10.9. The van der Waals surface area contributed by atoms with Crippen molar-refractivity contribution in [3.8, 4) is 11.8 Å². The number of nitrogens with zero attached hydrogens (tertiary/aromatic N) is 1. The number of nitriles is 1. The zero-order valence-corrected chi connectivity index (χ0v) is 20.3. The maximum Gasteiger partial charge on any atom is 0.266 e. The van der Waals surface area contributed by atoms with Gasteiger partial charge in [-0.3, -0.25) is 9.59 Å². The maximum atomic E-state index is 12.4. The molecule has 0 aliphatic rings. The lowest BCUT2D eigenvalue weighted by Gasteiger charge is -2.09. The van der Waals surface area contributed by atoms with Gasteiger partial charge in [0.1, 0.15) is 17.4 Å². The number of benzene rings is 3. The van der Waals surface area contributed by atoms with Crippen LogP contribution in [0.15, 0.2) is 66.2 Å². The Labute approximate surface area is 215 Å². The molecule has 0 bridgehead atoms. The van der Waals surface area contributed by atoms with Crippen LogP contribution in [0.2, 0.25) is 20.1 Å². The Balaban J connectivity index is 1.58. The quantitative estimate of drug-likeness (QED) is 0.256. The van der Waals surface area contributed by atoms with Gasteiger partial charge in [0.25, 0.3) is 11.8 Å². The Hall–Kier alpha value is -3.21. The predicted octanol–water partition coefficient (Wildman–Crippen LogP) is 6.86. The number of hydrogen-bond acceptors (Lipinski definition) is 4. The second-order valence-electron chi connectivity index (χ2n) is 6.79. The van der Waals surface area contributed by atoms with E-state index in [1.54, 1.807) is 48.5 Å². The molecule has 0 aromatic heterocycles. The number of carbonyl (C=O) groups is 2. The van der Waals surface area contributed by atoms with E-state index in [9.17, 15) is 14.9 Å². The Morgan fingerprint density at radius 2 is 1.38 bits per heavy atom. The van der Waals surface area contributed by atoms with Crippen LogP contribution >= 0.6 is 46.4 Å². The molecule has 0 saturated heterocycles. The van der Waals surface area contributed by atoms with Gasteiger partial charge in [0.05, 0.1) is 20.1 Å². The molecule has 0 unspecified atom stereocenters. The summed E-state index contributed by atoms with van der Waals surface area (Å²) in [6.07, 6.45) is 1.42. The SMILES string of the molecule is N#C/C(=C/c1ccc(OCC(=O)Nc2ccc(Cl)c(Cl)c2)cc1)C(=O)Nc1ccc(Cl)c(Cl)c1. The molecule has 0 radical (unpaired) electrons. The van der Waals surface area contributed by atoms with E-state index in [0.717, 1.165) is 0 Å². The second kappa shape index (κ2) is 11.8. The first-order valence-corrected chi connectivity index (χ1v) is 11.1. The summed E-state index contributed by atoms with van der Waals surface area (Å²) in [5.41, 5.74) is 1.38. The van der Waals surface area contributed by atoms with Gasteiger partial charge >= 0.3 is 0 Å². The molecule has 172 valence electrons. The highest BCUT2D eigenvalue weighted by Gasteiger charge is 2.11. The molecule has 3 aromatic carbocycles. The van der Waals surface area contributed by atoms with E-state index in [4.69, 9.17) is 51.1 Å². The average Bonchev–Trinajstić information content (AvgIpc) is 2.81. The van der Waals surface area contributed by atoms with E-state index in [0.29, 0.717) is 37.8 Å². The van der Waals surface area contributed by atoms with Crippen LogP contribution in [0, 0.1) is 11.3 Å². The highest BCUT2D eigenvalue weighted by molar-refractivity contribution is 6.42. The van der Waals surface area contributed by atoms with Gasteiger partial charge in [-0.15, -0.1) is 0 Å². The molecular formula is C24H15Cl4N3O3. The molecule has 0 heterocycles. The molecular weight excluding hydrogens is 520 g/mol. The smallest absolute Gasteiger partial charge is 0.266 e. The fraction of sp³-hybridized carbons (Fsp3) is 0.0417. The van der Waals surface area contributed by atoms with Crippen molar-refractivity contribution < 1.29 is 14.3 Å². The summed E-state index contributed by atoms with van der Waals surface area (Å²) in [6.45, 7) is -0.231. The molecule has 3 rings (SSSR count). The third-order valence-electron chi connectivity index (χ3n) is 4.31. The number of amides is 2. The average molecular weight is 535 g/mol. The molecule has 34 heavy (non-hydrogen) atoms. The van der Waals surface area contributed by atoms with Crippen LogP contribution in [0.5, 0.6) is 5.75 Å². The van der Waals surface area contributed by atoms with Crippen LogP contribution in [-0.2, 0) is 9.59 Å². The first-order valence-electron chi connectivity index (χ1n) is 9.61. The van der Waals surface area contributed by atoms with E-state index in [1.807, 2.05) is 6.07 Å². The van der Waals surface area contributed by atoms with Gasteiger partial charge in [-0.1, -0.05) is 58.5 Å². The first-order chi connectivity index (χ1) is 16.2. The van der Waals surface area contributed by atoms with Gasteiger partial charge in [0.2, 0.25) is 0 Å². The molecule has 0 spiro atoms. The molecule has 3 aromatic rings. The van der Waals surface area contributed by atoms with E-state index in [1.165, 1.54) is 18.2 Å². The van der Waals surface area contributed by atoms with Crippen LogP contribution < -0.4 is 15.4 Å². The van der Waals surface area contributed by atoms with Crippen molar-refractivity contribution in [2.45, 2.75) is 0 Å². The third-order valence-corrected chi connectivity index (χ3v) is 5.78. The largest absolute Gasteiger partial charge is 0.484 e. The molecule has 2 N–H and O–H groups in total. The number of halogens is 4. The Morgan fingerprint density at radius 1 is 0.824 bits per heavy atom.